The number of imidazole rings is 1. The van der Waals surface area contributed by atoms with Gasteiger partial charge in [-0.15, -0.1) is 0 Å². The van der Waals surface area contributed by atoms with Gasteiger partial charge in [0.25, 0.3) is 6.33 Å². The van der Waals surface area contributed by atoms with Crippen molar-refractivity contribution in [2.75, 3.05) is 0 Å². The minimum Gasteiger partial charge on any atom is -0.472 e. The number of fused-ring (bicyclic) bond motifs is 4. The Bertz CT molecular complexity index is 5030. The van der Waals surface area contributed by atoms with Crippen molar-refractivity contribution < 1.29 is 20.6 Å². The molecule has 11 aromatic carbocycles. The minimum absolute atomic E-state index is 0.168. The van der Waals surface area contributed by atoms with Gasteiger partial charge in [0, 0.05) is 34.2 Å². The molecule has 6 heteroatoms. The number of ether oxygens (including phenoxy) is 1. The lowest BCUT2D eigenvalue weighted by atomic mass is 9.89. The van der Waals surface area contributed by atoms with Crippen LogP contribution in [0.1, 0.15) is 12.4 Å². The van der Waals surface area contributed by atoms with Crippen LogP contribution in [0.3, 0.4) is 0 Å². The number of nitrogens with zero attached hydrogens (tertiary/aromatic N) is 4. The van der Waals surface area contributed by atoms with Gasteiger partial charge in [0.1, 0.15) is 28.7 Å². The van der Waals surface area contributed by atoms with Crippen molar-refractivity contribution in [3.8, 4) is 112 Å². The van der Waals surface area contributed by atoms with Crippen molar-refractivity contribution in [1.29, 1.82) is 0 Å². The summed E-state index contributed by atoms with van der Waals surface area (Å²) in [5.74, 6) is 2.00. The van der Waals surface area contributed by atoms with Gasteiger partial charge >= 0.3 is 0 Å². The predicted molar refractivity (Wildman–Crippen MR) is 337 cm³/mol. The smallest absolute Gasteiger partial charge is 0.272 e. The third-order valence-corrected chi connectivity index (χ3v) is 15.6. The zero-order chi connectivity index (χ0) is 59.6. The third-order valence-electron chi connectivity index (χ3n) is 15.6. The van der Waals surface area contributed by atoms with Crippen LogP contribution in [0.4, 0.5) is 0 Å². The molecule has 0 saturated carbocycles. The molecule has 0 atom stereocenters. The Morgan fingerprint density at radius 3 is 1.63 bits per heavy atom. The monoisotopic (exact) mass is 1070 g/mol. The van der Waals surface area contributed by atoms with E-state index in [1.807, 2.05) is 65.4 Å². The van der Waals surface area contributed by atoms with Gasteiger partial charge < -0.3 is 9.15 Å². The average molecular weight is 1070 g/mol. The Morgan fingerprint density at radius 2 is 0.988 bits per heavy atom. The molecular weight excluding hydrogens is 1010 g/mol. The maximum Gasteiger partial charge on any atom is 0.272 e. The number of benzene rings is 11. The van der Waals surface area contributed by atoms with Crippen molar-refractivity contribution in [1.82, 2.24) is 14.0 Å². The second-order valence-electron chi connectivity index (χ2n) is 20.5. The second-order valence-corrected chi connectivity index (χ2v) is 20.5. The Hall–Kier alpha value is -11.1. The van der Waals surface area contributed by atoms with Crippen molar-refractivity contribution in [2.24, 2.45) is 0 Å². The fraction of sp³-hybridized carbons (Fsp3) is 0.0130. The van der Waals surface area contributed by atoms with E-state index in [9.17, 15) is 0 Å². The highest BCUT2D eigenvalue weighted by molar-refractivity contribution is 6.09. The summed E-state index contributed by atoms with van der Waals surface area (Å²) in [6.07, 6.45) is 7.60. The number of para-hydroxylation sites is 2. The van der Waals surface area contributed by atoms with Crippen LogP contribution in [-0.2, 0) is 0 Å². The van der Waals surface area contributed by atoms with Crippen LogP contribution in [0.2, 0.25) is 0 Å². The predicted octanol–water partition coefficient (Wildman–Crippen LogP) is 19.5. The Balaban J connectivity index is 0.845. The first-order valence-corrected chi connectivity index (χ1v) is 27.6. The first-order valence-electron chi connectivity index (χ1n) is 30.1. The van der Waals surface area contributed by atoms with Crippen LogP contribution in [0.15, 0.2) is 302 Å². The van der Waals surface area contributed by atoms with E-state index in [1.54, 1.807) is 12.1 Å². The maximum absolute atomic E-state index is 8.51. The van der Waals surface area contributed by atoms with E-state index in [0.29, 0.717) is 22.8 Å². The number of hydrogen-bond acceptors (Lipinski definition) is 3. The zero-order valence-electron chi connectivity index (χ0n) is 50.0. The van der Waals surface area contributed by atoms with Gasteiger partial charge in [-0.05, 0) is 116 Å². The van der Waals surface area contributed by atoms with Crippen LogP contribution >= 0.6 is 0 Å². The number of rotatable bonds is 12. The van der Waals surface area contributed by atoms with Gasteiger partial charge in [0.05, 0.1) is 29.8 Å². The quantitative estimate of drug-likeness (QED) is 0.0905. The molecular formula is C77H52N4O2. The van der Waals surface area contributed by atoms with Crippen molar-refractivity contribution in [2.45, 2.75) is 6.92 Å². The normalized spacial score (nSPS) is 12.3. The number of aromatic nitrogens is 4. The summed E-state index contributed by atoms with van der Waals surface area (Å²) in [6.45, 7) is 2.05. The highest BCUT2D eigenvalue weighted by atomic mass is 16.5. The molecule has 0 N–H and O–H groups in total. The van der Waals surface area contributed by atoms with E-state index in [2.05, 4.69) is 217 Å². The molecule has 0 amide bonds. The summed E-state index contributed by atoms with van der Waals surface area (Å²) in [5.41, 5.74) is 18.9. The fourth-order valence-electron chi connectivity index (χ4n) is 11.7. The molecule has 6 nitrogen and oxygen atoms in total. The van der Waals surface area contributed by atoms with Crippen LogP contribution in [-0.4, -0.2) is 14.0 Å². The Kier molecular flexibility index (Phi) is 11.0. The molecule has 4 aromatic heterocycles. The van der Waals surface area contributed by atoms with Gasteiger partial charge in [0.15, 0.2) is 0 Å². The van der Waals surface area contributed by atoms with E-state index >= 15 is 0 Å². The fourth-order valence-corrected chi connectivity index (χ4v) is 11.7. The van der Waals surface area contributed by atoms with Crippen molar-refractivity contribution in [3.05, 3.63) is 309 Å². The molecule has 0 saturated heterocycles. The lowest BCUT2D eigenvalue weighted by Gasteiger charge is -2.21. The molecule has 0 aliphatic carbocycles. The summed E-state index contributed by atoms with van der Waals surface area (Å²) in [7, 11) is 0. The van der Waals surface area contributed by atoms with Gasteiger partial charge in [-0.1, -0.05) is 243 Å². The first kappa shape index (κ1) is 43.8. The number of pyridine rings is 1. The van der Waals surface area contributed by atoms with Crippen LogP contribution in [0.5, 0.6) is 11.5 Å². The molecule has 0 radical (unpaired) electrons. The van der Waals surface area contributed by atoms with Crippen molar-refractivity contribution >= 4 is 27.5 Å². The summed E-state index contributed by atoms with van der Waals surface area (Å²) < 4.78 is 61.8. The number of hydrogen-bond donors (Lipinski definition) is 0. The number of aryl methyl sites for hydroxylation is 1. The summed E-state index contributed by atoms with van der Waals surface area (Å²) in [6, 6.07) is 85.7. The highest BCUT2D eigenvalue weighted by Gasteiger charge is 2.29. The standard InChI is InChI=1S/C77H52N4O2/c1-52-46-73(78-49-69(52)59-42-40-54(41-43-59)53-22-7-2-8-23-53)81-70-39-18-17-34-67(70)68-45-44-62(48-71(68)81)83-61-33-19-32-60(47-61)72-50-82-77-76(74-63(55-24-9-3-10-25-55)35-20-36-64(74)56-26-11-4-12-27-56)80(51-79(72)77)75-65(57-28-13-5-14-29-57)37-21-38-66(75)58-30-15-6-16-31-58/h2-50H,1H3/i2D,7D,8D,22D,23D. The average Bonchev–Trinajstić information content (AvgIpc) is 1.60. The molecule has 15 rings (SSSR count). The molecule has 83 heavy (non-hydrogen) atoms. The van der Waals surface area contributed by atoms with E-state index in [4.69, 9.17) is 21.0 Å². The van der Waals surface area contributed by atoms with E-state index in [1.165, 1.54) is 0 Å². The first-order chi connectivity index (χ1) is 43.2. The van der Waals surface area contributed by atoms with Crippen LogP contribution < -0.4 is 9.30 Å². The number of oxazole rings is 1. The van der Waals surface area contributed by atoms with Gasteiger partial charge in [0.2, 0.25) is 5.71 Å². The van der Waals surface area contributed by atoms with E-state index in [-0.39, 0.29) is 29.7 Å². The molecule has 0 bridgehead atoms. The van der Waals surface area contributed by atoms with E-state index < -0.39 is 6.04 Å². The maximum atomic E-state index is 8.51. The summed E-state index contributed by atoms with van der Waals surface area (Å²) in [4.78, 5) is 5.08. The molecule has 0 fully saturated rings. The second kappa shape index (κ2) is 20.9. The highest BCUT2D eigenvalue weighted by Crippen LogP contribution is 2.45. The van der Waals surface area contributed by atoms with E-state index in [0.717, 1.165) is 117 Å². The van der Waals surface area contributed by atoms with Gasteiger partial charge in [-0.2, -0.15) is 0 Å². The van der Waals surface area contributed by atoms with Crippen LogP contribution in [0.25, 0.3) is 128 Å². The lowest BCUT2D eigenvalue weighted by Crippen LogP contribution is -2.33. The summed E-state index contributed by atoms with van der Waals surface area (Å²) in [5, 5.41) is 2.12. The molecule has 15 aromatic rings. The molecule has 0 unspecified atom stereocenters. The molecule has 0 spiro atoms. The topological polar surface area (TPSA) is 48.5 Å². The Morgan fingerprint density at radius 1 is 0.458 bits per heavy atom. The summed E-state index contributed by atoms with van der Waals surface area (Å²) >= 11 is 0. The zero-order valence-corrected chi connectivity index (χ0v) is 45.0. The molecule has 0 aliphatic rings. The molecule has 392 valence electrons. The van der Waals surface area contributed by atoms with Gasteiger partial charge in [-0.25, -0.2) is 4.98 Å². The van der Waals surface area contributed by atoms with Crippen LogP contribution in [0, 0.1) is 13.3 Å². The largest absolute Gasteiger partial charge is 0.472 e. The molecule has 0 aliphatic heterocycles. The SMILES string of the molecule is [2H]c1c([2H])c([2H])c(-c2ccc(-c3cnc(-n4c5ccccc5c5ccc(Oc6cccc(-c7coc8c(-c9c(-c%10ccccc%10)cccc9-c9ccccc9)[n+](-c9c(-c%10ccccc%10)cccc9-c9ccccc9)[c-]n78)c6)cc54)cc3C)cc2)c([2H])c1[2H]. The third kappa shape index (κ3) is 8.87. The Labute approximate surface area is 488 Å². The van der Waals surface area contributed by atoms with Gasteiger partial charge in [-0.3, -0.25) is 13.5 Å². The lowest BCUT2D eigenvalue weighted by molar-refractivity contribution is -0.586. The van der Waals surface area contributed by atoms with Crippen molar-refractivity contribution in [3.63, 3.8) is 0 Å². The minimum atomic E-state index is -0.415. The molecule has 4 heterocycles.